The van der Waals surface area contributed by atoms with Crippen molar-refractivity contribution in [3.05, 3.63) is 0 Å². The van der Waals surface area contributed by atoms with Crippen LogP contribution >= 0.6 is 0 Å². The quantitative estimate of drug-likeness (QED) is 0.522. The Hall–Kier alpha value is 0. The third kappa shape index (κ3) is 2.00. The summed E-state index contributed by atoms with van der Waals surface area (Å²) in [6.07, 6.45) is -16.4. The van der Waals surface area contributed by atoms with Gasteiger partial charge in [0.25, 0.3) is 0 Å². The maximum absolute atomic E-state index is 8.11. The number of rotatable bonds is 1. The molecule has 0 spiro atoms. The van der Waals surface area contributed by atoms with Gasteiger partial charge in [0.05, 0.1) is 0 Å². The first kappa shape index (κ1) is 1.31. The fourth-order valence-electron chi connectivity index (χ4n) is 0.562. The summed E-state index contributed by atoms with van der Waals surface area (Å²) in [6.45, 7) is 1.47. The standard InChI is InChI=1S/C9H18/c1-3-9-6-4-5-8(2)7-9/h8-9H,3-7H2,1-2H3/i3D2,4D2,5D2,6D2,7D2,8D,9D. The molecule has 54 valence electrons. The van der Waals surface area contributed by atoms with E-state index in [0.29, 0.717) is 0 Å². The molecule has 1 fully saturated rings. The third-order valence-corrected chi connectivity index (χ3v) is 1.00. The molecule has 0 heteroatoms. The van der Waals surface area contributed by atoms with Crippen LogP contribution in [0.3, 0.4) is 0 Å². The SMILES string of the molecule is [2H]C([2H])(C)C1([2H])C([2H])([2H])C([2H])([2H])C([2H])([2H])C([2H])(C)C1([2H])[2H]. The fraction of sp³-hybridized carbons (Fsp3) is 1.00. The van der Waals surface area contributed by atoms with Crippen molar-refractivity contribution in [2.45, 2.75) is 45.7 Å². The lowest BCUT2D eigenvalue weighted by Crippen LogP contribution is -2.11. The van der Waals surface area contributed by atoms with Crippen LogP contribution in [-0.2, 0) is 0 Å². The van der Waals surface area contributed by atoms with Crippen molar-refractivity contribution in [1.29, 1.82) is 0 Å². The minimum Gasteiger partial charge on any atom is -0.0651 e. The van der Waals surface area contributed by atoms with E-state index in [1.807, 2.05) is 0 Å². The molecule has 2 unspecified atom stereocenters. The Balaban J connectivity index is 3.93. The maximum atomic E-state index is 8.11. The van der Waals surface area contributed by atoms with Crippen molar-refractivity contribution in [2.24, 2.45) is 11.8 Å². The molecular weight excluding hydrogens is 108 g/mol. The van der Waals surface area contributed by atoms with E-state index in [1.54, 1.807) is 0 Å². The van der Waals surface area contributed by atoms with E-state index in [0.717, 1.165) is 13.8 Å². The molecule has 0 N–H and O–H groups in total. The van der Waals surface area contributed by atoms with Crippen molar-refractivity contribution in [2.75, 3.05) is 0 Å². The van der Waals surface area contributed by atoms with Crippen LogP contribution in [0.1, 0.15) is 62.2 Å². The minimum atomic E-state index is -3.51. The predicted molar refractivity (Wildman–Crippen MR) is 41.4 cm³/mol. The fourth-order valence-corrected chi connectivity index (χ4v) is 0.562. The summed E-state index contributed by atoms with van der Waals surface area (Å²) < 4.78 is 93.8. The van der Waals surface area contributed by atoms with E-state index in [9.17, 15) is 0 Å². The molecule has 0 radical (unpaired) electrons. The van der Waals surface area contributed by atoms with Crippen LogP contribution in [0.2, 0.25) is 0 Å². The Morgan fingerprint density at radius 3 is 3.22 bits per heavy atom. The monoisotopic (exact) mass is 138 g/mol. The summed E-state index contributed by atoms with van der Waals surface area (Å²) in [5, 5.41) is 0. The first-order valence-corrected chi connectivity index (χ1v) is 2.75. The molecule has 0 aromatic heterocycles. The molecule has 0 aromatic carbocycles. The van der Waals surface area contributed by atoms with Crippen LogP contribution in [0.4, 0.5) is 0 Å². The molecule has 9 heavy (non-hydrogen) atoms. The van der Waals surface area contributed by atoms with Gasteiger partial charge in [-0.25, -0.2) is 0 Å². The molecule has 0 bridgehead atoms. The zero-order valence-corrected chi connectivity index (χ0v) is 5.50. The molecule has 1 aliphatic rings. The van der Waals surface area contributed by atoms with Crippen molar-refractivity contribution < 1.29 is 16.4 Å². The van der Waals surface area contributed by atoms with E-state index >= 15 is 0 Å². The Bertz CT molecular complexity index is 412. The highest BCUT2D eigenvalue weighted by molar-refractivity contribution is 4.68. The Morgan fingerprint density at radius 2 is 2.56 bits per heavy atom. The second kappa shape index (κ2) is 3.24. The van der Waals surface area contributed by atoms with Crippen molar-refractivity contribution in [3.8, 4) is 0 Å². The minimum absolute atomic E-state index is 0.731. The maximum Gasteiger partial charge on any atom is 0.0303 e. The molecule has 0 aliphatic heterocycles. The average Bonchev–Trinajstić information content (AvgIpc) is 2.23. The van der Waals surface area contributed by atoms with Gasteiger partial charge in [0.15, 0.2) is 0 Å². The Morgan fingerprint density at radius 1 is 1.78 bits per heavy atom. The lowest BCUT2D eigenvalue weighted by molar-refractivity contribution is 0.276. The van der Waals surface area contributed by atoms with E-state index in [1.165, 1.54) is 0 Å². The summed E-state index contributed by atoms with van der Waals surface area (Å²) in [6, 6.07) is 0. The third-order valence-electron chi connectivity index (χ3n) is 1.00. The molecule has 2 atom stereocenters. The lowest BCUT2D eigenvalue weighted by Gasteiger charge is -2.25. The van der Waals surface area contributed by atoms with Crippen LogP contribution in [-0.4, -0.2) is 0 Å². The van der Waals surface area contributed by atoms with Gasteiger partial charge in [-0.15, -0.1) is 0 Å². The Labute approximate surface area is 75.5 Å². The van der Waals surface area contributed by atoms with Crippen LogP contribution < -0.4 is 0 Å². The molecular formula is C9H18. The van der Waals surface area contributed by atoms with Crippen molar-refractivity contribution in [1.82, 2.24) is 0 Å². The summed E-state index contributed by atoms with van der Waals surface area (Å²) in [4.78, 5) is 0. The molecule has 0 saturated heterocycles. The highest BCUT2D eigenvalue weighted by Gasteiger charge is 2.16. The van der Waals surface area contributed by atoms with E-state index < -0.39 is 43.7 Å². The lowest BCUT2D eigenvalue weighted by atomic mass is 9.81. The summed E-state index contributed by atoms with van der Waals surface area (Å²) in [5.41, 5.74) is 0. The number of hydrogen-bond donors (Lipinski definition) is 0. The summed E-state index contributed by atoms with van der Waals surface area (Å²) in [5.74, 6) is -6.20. The largest absolute Gasteiger partial charge is 0.0651 e. The predicted octanol–water partition coefficient (Wildman–Crippen LogP) is 3.22. The first-order chi connectivity index (χ1) is 8.75. The van der Waals surface area contributed by atoms with Gasteiger partial charge in [-0.2, -0.15) is 0 Å². The highest BCUT2D eigenvalue weighted by atomic mass is 14.2. The molecule has 0 amide bonds. The van der Waals surface area contributed by atoms with E-state index in [2.05, 4.69) is 0 Å². The molecule has 0 aromatic rings. The second-order valence-electron chi connectivity index (χ2n) is 1.75. The van der Waals surface area contributed by atoms with Gasteiger partial charge in [0, 0.05) is 16.4 Å². The smallest absolute Gasteiger partial charge is 0.0303 e. The highest BCUT2D eigenvalue weighted by Crippen LogP contribution is 2.29. The number of hydrogen-bond acceptors (Lipinski definition) is 0. The molecule has 1 saturated carbocycles. The zero-order chi connectivity index (χ0) is 17.5. The van der Waals surface area contributed by atoms with Crippen molar-refractivity contribution >= 4 is 0 Å². The van der Waals surface area contributed by atoms with Gasteiger partial charge in [0.2, 0.25) is 0 Å². The molecule has 0 nitrogen and oxygen atoms in total. The van der Waals surface area contributed by atoms with Crippen molar-refractivity contribution in [3.63, 3.8) is 0 Å². The summed E-state index contributed by atoms with van der Waals surface area (Å²) in [7, 11) is 0. The topological polar surface area (TPSA) is 0 Å². The second-order valence-corrected chi connectivity index (χ2v) is 1.75. The molecule has 0 heterocycles. The van der Waals surface area contributed by atoms with Gasteiger partial charge in [-0.3, -0.25) is 0 Å². The van der Waals surface area contributed by atoms with Crippen LogP contribution in [0, 0.1) is 11.8 Å². The van der Waals surface area contributed by atoms with Crippen LogP contribution in [0.5, 0.6) is 0 Å². The average molecular weight is 138 g/mol. The normalized spacial score (nSPS) is 96.7. The zero-order valence-electron chi connectivity index (χ0n) is 17.5. The van der Waals surface area contributed by atoms with E-state index in [4.69, 9.17) is 16.4 Å². The molecule has 1 rings (SSSR count). The molecule has 1 aliphatic carbocycles. The van der Waals surface area contributed by atoms with Gasteiger partial charge in [-0.05, 0) is 18.2 Å². The van der Waals surface area contributed by atoms with Gasteiger partial charge < -0.3 is 0 Å². The van der Waals surface area contributed by atoms with Gasteiger partial charge in [0.1, 0.15) is 0 Å². The van der Waals surface area contributed by atoms with Crippen LogP contribution in [0.15, 0.2) is 0 Å². The van der Waals surface area contributed by atoms with E-state index in [-0.39, 0.29) is 0 Å². The van der Waals surface area contributed by atoms with Gasteiger partial charge >= 0.3 is 0 Å². The summed E-state index contributed by atoms with van der Waals surface area (Å²) >= 11 is 0. The first-order valence-electron chi connectivity index (χ1n) is 8.75. The Kier molecular flexibility index (Phi) is 0.470. The van der Waals surface area contributed by atoms with Gasteiger partial charge in [-0.1, -0.05) is 39.3 Å². The van der Waals surface area contributed by atoms with Crippen LogP contribution in [0.25, 0.3) is 0 Å².